The molecule has 2 spiro atoms. The minimum atomic E-state index is -0.652. The number of unbranched alkanes of at least 4 members (excludes halogenated alkanes) is 3. The van der Waals surface area contributed by atoms with Gasteiger partial charge in [-0.3, -0.25) is 4.79 Å². The molecule has 0 unspecified atom stereocenters. The molecule has 7 rings (SSSR count). The highest BCUT2D eigenvalue weighted by atomic mass is 16.8. The van der Waals surface area contributed by atoms with Crippen molar-refractivity contribution in [2.75, 3.05) is 6.61 Å². The van der Waals surface area contributed by atoms with Crippen molar-refractivity contribution < 1.29 is 33.3 Å². The summed E-state index contributed by atoms with van der Waals surface area (Å²) in [5, 5.41) is 0. The number of carbonyl (C=O) groups is 2. The average Bonchev–Trinajstić information content (AvgIpc) is 3.70. The molecule has 7 aliphatic rings. The quantitative estimate of drug-likeness (QED) is 0.318. The van der Waals surface area contributed by atoms with Gasteiger partial charge < -0.3 is 23.7 Å². The van der Waals surface area contributed by atoms with Gasteiger partial charge in [-0.15, -0.1) is 0 Å². The Morgan fingerprint density at radius 2 is 1.97 bits per heavy atom. The van der Waals surface area contributed by atoms with Crippen LogP contribution in [0, 0.1) is 17.3 Å². The van der Waals surface area contributed by atoms with Crippen molar-refractivity contribution in [3.8, 4) is 0 Å². The van der Waals surface area contributed by atoms with Crippen LogP contribution in [0.25, 0.3) is 0 Å². The highest BCUT2D eigenvalue weighted by Crippen LogP contribution is 2.83. The molecule has 0 radical (unpaired) electrons. The molecule has 4 aliphatic heterocycles. The van der Waals surface area contributed by atoms with Crippen molar-refractivity contribution in [3.05, 3.63) is 11.1 Å². The number of ether oxygens (including phenoxy) is 5. The molecule has 34 heavy (non-hydrogen) atoms. The van der Waals surface area contributed by atoms with Crippen LogP contribution in [0.5, 0.6) is 0 Å². The van der Waals surface area contributed by atoms with E-state index in [1.54, 1.807) is 0 Å². The predicted molar refractivity (Wildman–Crippen MR) is 120 cm³/mol. The van der Waals surface area contributed by atoms with Gasteiger partial charge in [0.25, 0.3) is 0 Å². The number of epoxide rings is 3. The van der Waals surface area contributed by atoms with Crippen LogP contribution in [0.3, 0.4) is 0 Å². The van der Waals surface area contributed by atoms with Gasteiger partial charge in [-0.1, -0.05) is 47.0 Å². The van der Waals surface area contributed by atoms with Crippen LogP contribution < -0.4 is 0 Å². The SMILES string of the molecule is CCCCCCC(=O)O[C@@H]1[C@@]2(C(C)C)O[C@H]2[C@@H]2O[C@]23[C@]12O[C@H]2C[C@H]1C2=C(CC[C@@]13C)C(=O)OC2. The second kappa shape index (κ2) is 6.65. The number of carbonyl (C=O) groups excluding carboxylic acids is 2. The predicted octanol–water partition coefficient (Wildman–Crippen LogP) is 3.62. The molecule has 7 heteroatoms. The van der Waals surface area contributed by atoms with E-state index in [1.807, 2.05) is 0 Å². The number of rotatable bonds is 7. The van der Waals surface area contributed by atoms with Gasteiger partial charge in [0.05, 0.1) is 6.10 Å². The van der Waals surface area contributed by atoms with Gasteiger partial charge in [0.2, 0.25) is 0 Å². The Kier molecular flexibility index (Phi) is 4.27. The van der Waals surface area contributed by atoms with Gasteiger partial charge in [-0.2, -0.15) is 0 Å². The van der Waals surface area contributed by atoms with Crippen molar-refractivity contribution in [2.45, 2.75) is 120 Å². The molecule has 0 N–H and O–H groups in total. The van der Waals surface area contributed by atoms with E-state index in [9.17, 15) is 9.59 Å². The maximum Gasteiger partial charge on any atom is 0.334 e. The zero-order chi connectivity index (χ0) is 23.7. The second-order valence-corrected chi connectivity index (χ2v) is 12.2. The lowest BCUT2D eigenvalue weighted by Gasteiger charge is -2.53. The lowest BCUT2D eigenvalue weighted by molar-refractivity contribution is -0.169. The van der Waals surface area contributed by atoms with Crippen LogP contribution in [-0.2, 0) is 33.3 Å². The number of hydrogen-bond donors (Lipinski definition) is 0. The van der Waals surface area contributed by atoms with Gasteiger partial charge in [0, 0.05) is 17.4 Å². The summed E-state index contributed by atoms with van der Waals surface area (Å²) in [6, 6.07) is 0. The van der Waals surface area contributed by atoms with Crippen LogP contribution in [0.4, 0.5) is 0 Å². The summed E-state index contributed by atoms with van der Waals surface area (Å²) in [5.41, 5.74) is 0.0826. The number of cyclic esters (lactones) is 1. The number of hydrogen-bond acceptors (Lipinski definition) is 7. The molecule has 0 aromatic heterocycles. The summed E-state index contributed by atoms with van der Waals surface area (Å²) in [4.78, 5) is 25.4. The third-order valence-corrected chi connectivity index (χ3v) is 10.5. The van der Waals surface area contributed by atoms with E-state index >= 15 is 0 Å². The molecule has 0 amide bonds. The smallest absolute Gasteiger partial charge is 0.334 e. The third kappa shape index (κ3) is 2.27. The molecule has 7 nitrogen and oxygen atoms in total. The highest BCUT2D eigenvalue weighted by Gasteiger charge is 3.01. The van der Waals surface area contributed by atoms with E-state index in [4.69, 9.17) is 23.7 Å². The first-order chi connectivity index (χ1) is 16.3. The zero-order valence-corrected chi connectivity index (χ0v) is 20.7. The van der Waals surface area contributed by atoms with Crippen molar-refractivity contribution in [1.29, 1.82) is 0 Å². The molecule has 0 aromatic carbocycles. The fraction of sp³-hybridized carbons (Fsp3) is 0.852. The Morgan fingerprint density at radius 3 is 2.74 bits per heavy atom. The summed E-state index contributed by atoms with van der Waals surface area (Å²) < 4.78 is 31.6. The zero-order valence-electron chi connectivity index (χ0n) is 20.7. The van der Waals surface area contributed by atoms with E-state index in [0.717, 1.165) is 49.7 Å². The lowest BCUT2D eigenvalue weighted by Crippen LogP contribution is -2.70. The minimum absolute atomic E-state index is 0.0487. The van der Waals surface area contributed by atoms with E-state index < -0.39 is 22.9 Å². The van der Waals surface area contributed by atoms with Gasteiger partial charge in [0.15, 0.2) is 11.7 Å². The van der Waals surface area contributed by atoms with E-state index in [2.05, 4.69) is 27.7 Å². The molecule has 5 fully saturated rings. The largest absolute Gasteiger partial charge is 0.458 e. The minimum Gasteiger partial charge on any atom is -0.458 e. The third-order valence-electron chi connectivity index (χ3n) is 10.5. The van der Waals surface area contributed by atoms with Gasteiger partial charge >= 0.3 is 11.9 Å². The van der Waals surface area contributed by atoms with Crippen LogP contribution in [0.2, 0.25) is 0 Å². The fourth-order valence-corrected chi connectivity index (χ4v) is 8.73. The Labute approximate surface area is 200 Å². The molecule has 0 aromatic rings. The van der Waals surface area contributed by atoms with Crippen molar-refractivity contribution in [1.82, 2.24) is 0 Å². The van der Waals surface area contributed by atoms with Crippen LogP contribution in [0.15, 0.2) is 11.1 Å². The first-order valence-corrected chi connectivity index (χ1v) is 13.4. The molecule has 3 aliphatic carbocycles. The van der Waals surface area contributed by atoms with E-state index in [-0.39, 0.29) is 47.5 Å². The normalized spacial score (nSPS) is 50.9. The molecule has 2 saturated carbocycles. The standard InChI is InChI=1S/C27H36O7/c1-5-6-7-8-9-19(28)31-23-25(14(2)3)20(33-25)21-27(34-21)24(4)11-10-15-16(13-30-22(15)29)17(24)12-18-26(23,27)32-18/h14,17-18,20-21,23H,5-13H2,1-4H3/t17-,18-,20-,21-,23+,24-,25-,26+,27+/m0/s1. The van der Waals surface area contributed by atoms with E-state index in [1.165, 1.54) is 0 Å². The topological polar surface area (TPSA) is 90.2 Å². The second-order valence-electron chi connectivity index (χ2n) is 12.2. The maximum atomic E-state index is 13.1. The van der Waals surface area contributed by atoms with Crippen molar-refractivity contribution >= 4 is 11.9 Å². The van der Waals surface area contributed by atoms with Crippen molar-refractivity contribution in [3.63, 3.8) is 0 Å². The summed E-state index contributed by atoms with van der Waals surface area (Å²) in [6.07, 6.45) is 6.33. The van der Waals surface area contributed by atoms with Gasteiger partial charge in [-0.25, -0.2) is 4.79 Å². The number of esters is 2. The highest BCUT2D eigenvalue weighted by molar-refractivity contribution is 5.92. The summed E-state index contributed by atoms with van der Waals surface area (Å²) in [6.45, 7) is 9.16. The molecule has 4 heterocycles. The Hall–Kier alpha value is -1.44. The molecular weight excluding hydrogens is 436 g/mol. The van der Waals surface area contributed by atoms with Crippen LogP contribution in [-0.4, -0.2) is 59.8 Å². The first kappa shape index (κ1) is 21.8. The maximum absolute atomic E-state index is 13.1. The average molecular weight is 473 g/mol. The number of fused-ring (bicyclic) bond motifs is 4. The van der Waals surface area contributed by atoms with Crippen molar-refractivity contribution in [2.24, 2.45) is 17.3 Å². The summed E-state index contributed by atoms with van der Waals surface area (Å²) in [7, 11) is 0. The Bertz CT molecular complexity index is 1000. The Morgan fingerprint density at radius 1 is 1.15 bits per heavy atom. The lowest BCUT2D eigenvalue weighted by atomic mass is 9.46. The fourth-order valence-electron chi connectivity index (χ4n) is 8.73. The van der Waals surface area contributed by atoms with Crippen LogP contribution in [0.1, 0.15) is 79.1 Å². The molecule has 0 bridgehead atoms. The first-order valence-electron chi connectivity index (χ1n) is 13.4. The summed E-state index contributed by atoms with van der Waals surface area (Å²) >= 11 is 0. The van der Waals surface area contributed by atoms with Gasteiger partial charge in [0.1, 0.15) is 30.0 Å². The molecule has 3 saturated heterocycles. The molecule has 186 valence electrons. The molecular formula is C27H36O7. The van der Waals surface area contributed by atoms with E-state index in [0.29, 0.717) is 19.4 Å². The van der Waals surface area contributed by atoms with Crippen LogP contribution >= 0.6 is 0 Å². The monoisotopic (exact) mass is 472 g/mol. The molecule has 9 atom stereocenters. The Balaban J connectivity index is 1.24. The summed E-state index contributed by atoms with van der Waals surface area (Å²) in [5.74, 6) is 0.0658. The van der Waals surface area contributed by atoms with Gasteiger partial charge in [-0.05, 0) is 43.1 Å².